The predicted molar refractivity (Wildman–Crippen MR) is 588 cm³/mol. The van der Waals surface area contributed by atoms with Gasteiger partial charge in [-0.3, -0.25) is 0 Å². The topological polar surface area (TPSA) is 188 Å². The lowest BCUT2D eigenvalue weighted by atomic mass is 9.92. The lowest BCUT2D eigenvalue weighted by molar-refractivity contribution is 0.646. The van der Waals surface area contributed by atoms with Gasteiger partial charge in [-0.1, -0.05) is 155 Å². The quantitative estimate of drug-likeness (QED) is 0.126. The molecule has 716 valence electrons. The highest BCUT2D eigenvalue weighted by Crippen LogP contribution is 2.55. The van der Waals surface area contributed by atoms with E-state index >= 15 is 0 Å². The summed E-state index contributed by atoms with van der Waals surface area (Å²) in [6.45, 7) is 40.8. The Balaban J connectivity index is 0.000000103. The van der Waals surface area contributed by atoms with E-state index in [2.05, 4.69) is 420 Å². The molecule has 0 unspecified atom stereocenters. The standard InChI is InChI=1S/C29H33N3O.C27H23N3O.C23H21N3O.2C21H20N4O/c1-17(2)22-9-8-10-23(18(3)4)27(22)32-16-15-31(21(32)7)26-19(5)11-13-24-25-14-12-20(6)30-29(25)33-28(24)26;1-17-13-15-21-22-16-14-18(2)28-27(22)31-26(21)25(17)30-19(3)29(20-9-5-4-6-10-20)23-11-7-8-12-24(23)30;1-15-9-11-19-20-12-10-16(2)24-23(20)27-22(19)21(15)26-14-13-25(17(26)3)18-7-5-4-6-8-18;1-12-7-9-15-16-10-8-13(2)23-21(16)26-19(15)18(12)25-14(3)24(4)20-17(25)6-5-11-22-20;1-12-7-9-15-16-10-8-13(2)23-21(16)26-19(15)18(12)25-14(3)24(4)17-6-5-11-22-20(17)25/h8-18,21H,1-7H3;4-16,19H,1-3H3;4-14,17H,1-3H3;2*5-11,14H,1-4H3/t21-;19-;17-;2*14-/m10000/s1. The summed E-state index contributed by atoms with van der Waals surface area (Å²) in [4.78, 5) is 55.4. The third-order valence-electron chi connectivity index (χ3n) is 29.2. The summed E-state index contributed by atoms with van der Waals surface area (Å²) in [7, 11) is 4.18. The van der Waals surface area contributed by atoms with Crippen molar-refractivity contribution < 1.29 is 22.1 Å². The molecule has 21 aromatic rings. The largest absolute Gasteiger partial charge is 0.435 e. The SMILES string of the molecule is Cc1ccc2c(n1)oc1c(N3C=CN(c4c(C(C)C)cccc4C(C)C)[C@@H]3C)c(C)ccc12.Cc1ccc2c(n1)oc1c(N3C=CN(c4ccccc4)[C@@H]3C)c(C)ccc12.Cc1ccc2c(n1)oc1c(N3c4ccccc4N(c4ccccc4)[C@@H]3C)c(C)ccc12.Cc1ccc2c(n1)oc1c(N3c4cccnc4N(C)[C@@H]3C)c(C)ccc12.Cc1ccc2c(n1)oc1c(N3c4ncccc4N(C)[C@@H]3C)c(C)ccc12. The zero-order valence-electron chi connectivity index (χ0n) is 84.8. The van der Waals surface area contributed by atoms with Crippen molar-refractivity contribution in [1.82, 2.24) is 34.9 Å². The summed E-state index contributed by atoms with van der Waals surface area (Å²) in [5.41, 5.74) is 35.2. The van der Waals surface area contributed by atoms with Crippen LogP contribution in [0.5, 0.6) is 0 Å². The summed E-state index contributed by atoms with van der Waals surface area (Å²) >= 11 is 0. The number of fused-ring (bicyclic) bond motifs is 18. The van der Waals surface area contributed by atoms with Crippen molar-refractivity contribution in [3.8, 4) is 0 Å². The van der Waals surface area contributed by atoms with E-state index in [-0.39, 0.29) is 30.8 Å². The van der Waals surface area contributed by atoms with Crippen LogP contribution in [0.1, 0.15) is 142 Å². The second kappa shape index (κ2) is 36.3. The third-order valence-corrected chi connectivity index (χ3v) is 29.2. The van der Waals surface area contributed by atoms with E-state index in [4.69, 9.17) is 22.1 Å². The Bertz CT molecular complexity index is 8420. The highest BCUT2D eigenvalue weighted by Gasteiger charge is 2.41. The molecule has 5 aliphatic heterocycles. The summed E-state index contributed by atoms with van der Waals surface area (Å²) in [6.07, 6.45) is 13.0. The van der Waals surface area contributed by atoms with Crippen molar-refractivity contribution >= 4 is 190 Å². The second-order valence-corrected chi connectivity index (χ2v) is 39.1. The van der Waals surface area contributed by atoms with Crippen molar-refractivity contribution in [2.75, 3.05) is 63.1 Å². The Morgan fingerprint density at radius 3 is 0.937 bits per heavy atom. The van der Waals surface area contributed by atoms with Crippen LogP contribution in [0.4, 0.5) is 79.9 Å². The molecular formula is C121H117N17O5. The van der Waals surface area contributed by atoms with Gasteiger partial charge in [-0.05, 0) is 276 Å². The molecule has 0 aliphatic carbocycles. The van der Waals surface area contributed by atoms with Gasteiger partial charge in [0.1, 0.15) is 30.8 Å². The highest BCUT2D eigenvalue weighted by atomic mass is 16.4. The van der Waals surface area contributed by atoms with Crippen LogP contribution in [0.3, 0.4) is 0 Å². The van der Waals surface area contributed by atoms with Crippen molar-refractivity contribution in [3.05, 3.63) is 353 Å². The second-order valence-electron chi connectivity index (χ2n) is 39.1. The van der Waals surface area contributed by atoms with Crippen LogP contribution < -0.4 is 49.0 Å². The minimum atomic E-state index is 0.0898. The highest BCUT2D eigenvalue weighted by molar-refractivity contribution is 6.15. The minimum absolute atomic E-state index is 0.0898. The summed E-state index contributed by atoms with van der Waals surface area (Å²) in [5.74, 6) is 2.84. The summed E-state index contributed by atoms with van der Waals surface area (Å²) in [5, 5.41) is 10.8. The van der Waals surface area contributed by atoms with Crippen molar-refractivity contribution in [3.63, 3.8) is 0 Å². The predicted octanol–water partition coefficient (Wildman–Crippen LogP) is 30.8. The lowest BCUT2D eigenvalue weighted by Gasteiger charge is -2.34. The molecular weight excluding hydrogens is 1770 g/mol. The zero-order chi connectivity index (χ0) is 99.1. The summed E-state index contributed by atoms with van der Waals surface area (Å²) < 4.78 is 31.5. The molecule has 22 nitrogen and oxygen atoms in total. The van der Waals surface area contributed by atoms with Crippen LogP contribution in [-0.4, -0.2) is 79.8 Å². The Morgan fingerprint density at radius 1 is 0.238 bits per heavy atom. The maximum Gasteiger partial charge on any atom is 0.227 e. The van der Waals surface area contributed by atoms with E-state index in [1.54, 1.807) is 0 Å². The molecule has 12 aromatic heterocycles. The molecule has 5 aliphatic rings. The first-order valence-corrected chi connectivity index (χ1v) is 49.5. The number of hydrogen-bond acceptors (Lipinski definition) is 22. The molecule has 0 fully saturated rings. The average molecular weight is 1890 g/mol. The minimum Gasteiger partial charge on any atom is -0.435 e. The van der Waals surface area contributed by atoms with Gasteiger partial charge in [-0.25, -0.2) is 34.9 Å². The van der Waals surface area contributed by atoms with Crippen LogP contribution in [0.2, 0.25) is 0 Å². The molecule has 9 aromatic carbocycles. The van der Waals surface area contributed by atoms with Crippen LogP contribution in [-0.2, 0) is 0 Å². The zero-order valence-corrected chi connectivity index (χ0v) is 84.8. The molecule has 0 N–H and O–H groups in total. The van der Waals surface area contributed by atoms with Crippen LogP contribution in [0.25, 0.3) is 110 Å². The first-order chi connectivity index (χ1) is 69.2. The number of para-hydroxylation sites is 5. The monoisotopic (exact) mass is 1890 g/mol. The summed E-state index contributed by atoms with van der Waals surface area (Å²) in [6, 6.07) is 86.8. The van der Waals surface area contributed by atoms with Gasteiger partial charge in [0.25, 0.3) is 0 Å². The molecule has 0 saturated heterocycles. The Kier molecular flexibility index (Phi) is 23.3. The van der Waals surface area contributed by atoms with E-state index in [0.29, 0.717) is 40.4 Å². The number of hydrogen-bond donors (Lipinski definition) is 0. The van der Waals surface area contributed by atoms with Gasteiger partial charge in [0.05, 0.1) is 51.2 Å². The molecule has 0 radical (unpaired) electrons. The Morgan fingerprint density at radius 2 is 0.538 bits per heavy atom. The first-order valence-electron chi connectivity index (χ1n) is 49.5. The molecule has 0 spiro atoms. The normalized spacial score (nSPS) is 16.4. The van der Waals surface area contributed by atoms with Gasteiger partial charge in [0.15, 0.2) is 39.6 Å². The maximum atomic E-state index is 6.39. The van der Waals surface area contributed by atoms with Crippen LogP contribution in [0.15, 0.2) is 308 Å². The van der Waals surface area contributed by atoms with Gasteiger partial charge in [-0.15, -0.1) is 0 Å². The number of benzene rings is 9. The number of nitrogens with zero attached hydrogens (tertiary/aromatic N) is 17. The van der Waals surface area contributed by atoms with Crippen LogP contribution >= 0.6 is 0 Å². The Labute approximate surface area is 832 Å². The molecule has 22 heteroatoms. The third kappa shape index (κ3) is 15.6. The number of rotatable bonds is 10. The fraction of sp³-hybridized carbons (Fsp3) is 0.231. The van der Waals surface area contributed by atoms with E-state index in [1.807, 2.05) is 95.5 Å². The van der Waals surface area contributed by atoms with Crippen molar-refractivity contribution in [2.45, 2.75) is 174 Å². The van der Waals surface area contributed by atoms with Gasteiger partial charge in [-0.2, -0.15) is 0 Å². The smallest absolute Gasteiger partial charge is 0.227 e. The number of furan rings is 5. The maximum absolute atomic E-state index is 6.39. The van der Waals surface area contributed by atoms with E-state index in [0.717, 1.165) is 167 Å². The molecule has 0 amide bonds. The van der Waals surface area contributed by atoms with E-state index < -0.39 is 0 Å². The van der Waals surface area contributed by atoms with Crippen LogP contribution in [0, 0.1) is 69.2 Å². The van der Waals surface area contributed by atoms with Gasteiger partial charge < -0.3 is 71.1 Å². The van der Waals surface area contributed by atoms with Gasteiger partial charge in [0, 0.05) is 151 Å². The number of aromatic nitrogens is 7. The first kappa shape index (κ1) is 91.6. The fourth-order valence-electron chi connectivity index (χ4n) is 21.6. The van der Waals surface area contributed by atoms with Crippen molar-refractivity contribution in [1.29, 1.82) is 0 Å². The molecule has 26 rings (SSSR count). The molecule has 143 heavy (non-hydrogen) atoms. The molecule has 0 bridgehead atoms. The Hall–Kier alpha value is -16.5. The van der Waals surface area contributed by atoms with E-state index in [1.165, 1.54) is 61.8 Å². The van der Waals surface area contributed by atoms with Gasteiger partial charge >= 0.3 is 0 Å². The molecule has 17 heterocycles. The lowest BCUT2D eigenvalue weighted by Crippen LogP contribution is -2.37. The average Bonchev–Trinajstić information content (AvgIpc) is 1.59. The molecule has 0 saturated carbocycles. The fourth-order valence-corrected chi connectivity index (χ4v) is 21.6. The number of pyridine rings is 7. The van der Waals surface area contributed by atoms with Gasteiger partial charge in [0.2, 0.25) is 28.6 Å². The molecule has 5 atom stereocenters. The van der Waals surface area contributed by atoms with E-state index in [9.17, 15) is 0 Å². The number of anilines is 14. The number of aryl methyl sites for hydroxylation is 10. The van der Waals surface area contributed by atoms with Crippen molar-refractivity contribution in [2.24, 2.45) is 0 Å².